The predicted octanol–water partition coefficient (Wildman–Crippen LogP) is 5.19. The topological polar surface area (TPSA) is 65.0 Å². The number of anilines is 3. The maximum atomic E-state index is 9.46. The quantitative estimate of drug-likeness (QED) is 0.437. The molecule has 0 bridgehead atoms. The minimum absolute atomic E-state index is 0.0741. The second-order valence-corrected chi connectivity index (χ2v) is 11.0. The van der Waals surface area contributed by atoms with Crippen molar-refractivity contribution in [2.45, 2.75) is 43.9 Å². The second kappa shape index (κ2) is 10.2. The fourth-order valence-corrected chi connectivity index (χ4v) is 6.10. The van der Waals surface area contributed by atoms with Gasteiger partial charge in [-0.05, 0) is 62.3 Å². The molecule has 0 unspecified atom stereocenters. The van der Waals surface area contributed by atoms with E-state index in [0.29, 0.717) is 23.4 Å². The Bertz CT molecular complexity index is 1290. The molecule has 6 rings (SSSR count). The van der Waals surface area contributed by atoms with Gasteiger partial charge in [-0.1, -0.05) is 17.7 Å². The summed E-state index contributed by atoms with van der Waals surface area (Å²) < 4.78 is 5.85. The first-order chi connectivity index (χ1) is 18.1. The van der Waals surface area contributed by atoms with Crippen molar-refractivity contribution in [1.29, 1.82) is 0 Å². The lowest BCUT2D eigenvalue weighted by Gasteiger charge is -2.39. The molecule has 0 spiro atoms. The summed E-state index contributed by atoms with van der Waals surface area (Å²) >= 11 is 6.68. The number of aliphatic hydroxyl groups is 1. The zero-order chi connectivity index (χ0) is 25.5. The summed E-state index contributed by atoms with van der Waals surface area (Å²) in [4.78, 5) is 17.0. The van der Waals surface area contributed by atoms with E-state index in [0.717, 1.165) is 85.8 Å². The van der Waals surface area contributed by atoms with Gasteiger partial charge in [0, 0.05) is 62.3 Å². The highest BCUT2D eigenvalue weighted by Gasteiger charge is 2.32. The molecular formula is C29H36ClN5O2. The molecule has 3 heterocycles. The van der Waals surface area contributed by atoms with E-state index in [2.05, 4.69) is 34.1 Å². The number of halogens is 1. The van der Waals surface area contributed by atoms with Gasteiger partial charge in [0.1, 0.15) is 17.4 Å². The Kier molecular flexibility index (Phi) is 6.76. The summed E-state index contributed by atoms with van der Waals surface area (Å²) in [5.74, 6) is 3.90. The second-order valence-electron chi connectivity index (χ2n) is 10.6. The highest BCUT2D eigenvalue weighted by Crippen LogP contribution is 2.45. The largest absolute Gasteiger partial charge is 0.496 e. The molecule has 8 heteroatoms. The lowest BCUT2D eigenvalue weighted by molar-refractivity contribution is 0.304. The van der Waals surface area contributed by atoms with E-state index in [9.17, 15) is 5.11 Å². The number of hydrogen-bond donors (Lipinski definition) is 1. The van der Waals surface area contributed by atoms with Crippen LogP contribution in [-0.4, -0.2) is 68.6 Å². The first-order valence-corrected chi connectivity index (χ1v) is 13.9. The van der Waals surface area contributed by atoms with Gasteiger partial charge < -0.3 is 24.5 Å². The fourth-order valence-electron chi connectivity index (χ4n) is 5.80. The van der Waals surface area contributed by atoms with Crippen molar-refractivity contribution in [3.8, 4) is 5.75 Å². The van der Waals surface area contributed by atoms with Crippen LogP contribution in [0.1, 0.15) is 55.3 Å². The zero-order valence-electron chi connectivity index (χ0n) is 21.8. The molecule has 1 aliphatic carbocycles. The number of methoxy groups -OCH3 is 1. The molecule has 2 aliphatic heterocycles. The van der Waals surface area contributed by atoms with Crippen molar-refractivity contribution in [3.05, 3.63) is 46.7 Å². The third-order valence-corrected chi connectivity index (χ3v) is 8.52. The molecule has 196 valence electrons. The number of aromatic nitrogens is 2. The summed E-state index contributed by atoms with van der Waals surface area (Å²) in [6.45, 7) is 4.72. The third kappa shape index (κ3) is 4.68. The number of piperidine rings is 1. The number of likely N-dealkylation sites (N-methyl/N-ethyl adjacent to an activating group) is 1. The van der Waals surface area contributed by atoms with E-state index in [4.69, 9.17) is 26.3 Å². The Morgan fingerprint density at radius 2 is 1.81 bits per heavy atom. The molecule has 3 aromatic rings. The Balaban J connectivity index is 1.32. The van der Waals surface area contributed by atoms with E-state index in [1.54, 1.807) is 7.11 Å². The van der Waals surface area contributed by atoms with E-state index in [1.807, 2.05) is 18.0 Å². The number of nitrogens with zero attached hydrogens (tertiary/aromatic N) is 5. The number of hydrogen-bond acceptors (Lipinski definition) is 7. The first-order valence-electron chi connectivity index (χ1n) is 13.6. The summed E-state index contributed by atoms with van der Waals surface area (Å²) in [6, 6.07) is 10.6. The molecule has 1 aromatic heterocycles. The van der Waals surface area contributed by atoms with Gasteiger partial charge in [0.25, 0.3) is 0 Å². The Morgan fingerprint density at radius 3 is 2.46 bits per heavy atom. The summed E-state index contributed by atoms with van der Waals surface area (Å²) in [7, 11) is 3.74. The van der Waals surface area contributed by atoms with Gasteiger partial charge in [-0.25, -0.2) is 9.97 Å². The molecule has 1 N–H and O–H groups in total. The van der Waals surface area contributed by atoms with Crippen LogP contribution in [0.4, 0.5) is 17.2 Å². The molecule has 37 heavy (non-hydrogen) atoms. The van der Waals surface area contributed by atoms with Crippen LogP contribution < -0.4 is 19.4 Å². The highest BCUT2D eigenvalue weighted by molar-refractivity contribution is 6.34. The normalized spacial score (nSPS) is 18.3. The molecular weight excluding hydrogens is 486 g/mol. The smallest absolute Gasteiger partial charge is 0.140 e. The molecule has 1 saturated carbocycles. The average Bonchev–Trinajstić information content (AvgIpc) is 3.72. The molecule has 2 aromatic carbocycles. The minimum Gasteiger partial charge on any atom is -0.496 e. The monoisotopic (exact) mass is 521 g/mol. The zero-order valence-corrected chi connectivity index (χ0v) is 22.5. The maximum Gasteiger partial charge on any atom is 0.140 e. The van der Waals surface area contributed by atoms with Crippen molar-refractivity contribution in [2.24, 2.45) is 0 Å². The molecule has 3 aliphatic rings. The van der Waals surface area contributed by atoms with Crippen LogP contribution in [-0.2, 0) is 0 Å². The Hall–Kier alpha value is -2.77. The van der Waals surface area contributed by atoms with E-state index < -0.39 is 0 Å². The molecule has 2 saturated heterocycles. The van der Waals surface area contributed by atoms with Crippen LogP contribution in [0, 0.1) is 0 Å². The lowest BCUT2D eigenvalue weighted by Crippen LogP contribution is -2.39. The number of ether oxygens (including phenoxy) is 1. The Labute approximate surface area is 224 Å². The number of aliphatic hydroxyl groups excluding tert-OH is 1. The van der Waals surface area contributed by atoms with Crippen molar-refractivity contribution < 1.29 is 9.84 Å². The van der Waals surface area contributed by atoms with Crippen LogP contribution in [0.5, 0.6) is 5.75 Å². The predicted molar refractivity (Wildman–Crippen MR) is 151 cm³/mol. The summed E-state index contributed by atoms with van der Waals surface area (Å²) in [5, 5.41) is 11.2. The van der Waals surface area contributed by atoms with Crippen LogP contribution >= 0.6 is 11.6 Å². The third-order valence-electron chi connectivity index (χ3n) is 8.21. The fraction of sp³-hybridized carbons (Fsp3) is 0.517. The number of fused-ring (bicyclic) bond motifs is 1. The van der Waals surface area contributed by atoms with E-state index in [1.165, 1.54) is 17.7 Å². The van der Waals surface area contributed by atoms with Gasteiger partial charge in [-0.15, -0.1) is 0 Å². The summed E-state index contributed by atoms with van der Waals surface area (Å²) in [6.07, 6.45) is 5.68. The SMILES string of the molecule is COc1cccc(N2CCC2)c1C1CCN(c2nc(C3CC3)nc3cc(Cl)c(N(C)CCO)cc23)CC1. The lowest BCUT2D eigenvalue weighted by atomic mass is 9.86. The maximum absolute atomic E-state index is 9.46. The minimum atomic E-state index is 0.0741. The Morgan fingerprint density at radius 1 is 1.03 bits per heavy atom. The van der Waals surface area contributed by atoms with Gasteiger partial charge >= 0.3 is 0 Å². The molecule has 0 atom stereocenters. The van der Waals surface area contributed by atoms with Crippen molar-refractivity contribution in [3.63, 3.8) is 0 Å². The van der Waals surface area contributed by atoms with Gasteiger partial charge in [0.15, 0.2) is 0 Å². The van der Waals surface area contributed by atoms with Gasteiger partial charge in [0.2, 0.25) is 0 Å². The van der Waals surface area contributed by atoms with E-state index in [-0.39, 0.29) is 6.61 Å². The molecule has 0 amide bonds. The van der Waals surface area contributed by atoms with Crippen LogP contribution in [0.3, 0.4) is 0 Å². The van der Waals surface area contributed by atoms with Crippen LogP contribution in [0.25, 0.3) is 10.9 Å². The van der Waals surface area contributed by atoms with E-state index >= 15 is 0 Å². The first kappa shape index (κ1) is 24.6. The highest BCUT2D eigenvalue weighted by atomic mass is 35.5. The molecule has 3 fully saturated rings. The van der Waals surface area contributed by atoms with Crippen LogP contribution in [0.15, 0.2) is 30.3 Å². The summed E-state index contributed by atoms with van der Waals surface area (Å²) in [5.41, 5.74) is 4.52. The standard InChI is InChI=1S/C29H36ClN5O2/c1-33(15-16-36)25-17-21-23(18-22(25)30)31-28(20-7-8-20)32-29(21)35-13-9-19(10-14-35)27-24(34-11-4-12-34)5-3-6-26(27)37-2/h3,5-6,17-20,36H,4,7-16H2,1-2H3. The molecule has 7 nitrogen and oxygen atoms in total. The van der Waals surface area contributed by atoms with Crippen molar-refractivity contribution in [2.75, 3.05) is 68.2 Å². The number of rotatable bonds is 8. The molecule has 0 radical (unpaired) electrons. The average molecular weight is 522 g/mol. The van der Waals surface area contributed by atoms with Crippen molar-refractivity contribution in [1.82, 2.24) is 9.97 Å². The van der Waals surface area contributed by atoms with Gasteiger partial charge in [0.05, 0.1) is 29.9 Å². The van der Waals surface area contributed by atoms with Gasteiger partial charge in [-0.3, -0.25) is 0 Å². The van der Waals surface area contributed by atoms with Crippen LogP contribution in [0.2, 0.25) is 5.02 Å². The van der Waals surface area contributed by atoms with Crippen molar-refractivity contribution >= 4 is 39.7 Å². The van der Waals surface area contributed by atoms with Gasteiger partial charge in [-0.2, -0.15) is 0 Å². The number of benzene rings is 2.